The predicted octanol–water partition coefficient (Wildman–Crippen LogP) is 9.19. The number of carbonyl (C=O) groups is 1. The molecule has 3 aromatic carbocycles. The summed E-state index contributed by atoms with van der Waals surface area (Å²) in [5.41, 5.74) is 4.92. The number of nitrogens with one attached hydrogen (secondary N) is 1. The van der Waals surface area contributed by atoms with Crippen molar-refractivity contribution in [1.29, 1.82) is 0 Å². The van der Waals surface area contributed by atoms with Crippen LogP contribution < -0.4 is 9.46 Å². The van der Waals surface area contributed by atoms with Gasteiger partial charge in [0.25, 0.3) is 0 Å². The van der Waals surface area contributed by atoms with Gasteiger partial charge in [-0.25, -0.2) is 0 Å². The molecule has 8 heteroatoms. The number of nitrogens with zero attached hydrogens (tertiary/aromatic N) is 3. The Morgan fingerprint density at radius 1 is 1.07 bits per heavy atom. The molecule has 1 aromatic heterocycles. The number of unbranched alkanes of at least 4 members (excludes halogenated alkanes) is 1. The van der Waals surface area contributed by atoms with E-state index in [4.69, 9.17) is 14.3 Å². The molecule has 1 heterocycles. The molecule has 1 N–H and O–H groups in total. The molecule has 0 bridgehead atoms. The van der Waals surface area contributed by atoms with Gasteiger partial charge in [0.15, 0.2) is 5.82 Å². The zero-order valence-electron chi connectivity index (χ0n) is 26.8. The number of amidine groups is 1. The molecule has 1 aliphatic rings. The minimum Gasteiger partial charge on any atom is -0.489 e. The van der Waals surface area contributed by atoms with Crippen LogP contribution in [0.2, 0.25) is 0 Å². The lowest BCUT2D eigenvalue weighted by Gasteiger charge is -2.27. The molecule has 236 valence electrons. The fourth-order valence-corrected chi connectivity index (χ4v) is 6.56. The number of rotatable bonds is 14. The quantitative estimate of drug-likeness (QED) is 0.0648. The monoisotopic (exact) mass is 624 g/mol. The highest BCUT2D eigenvalue weighted by molar-refractivity contribution is 8.00. The van der Waals surface area contributed by atoms with Crippen LogP contribution in [-0.4, -0.2) is 34.8 Å². The van der Waals surface area contributed by atoms with Crippen LogP contribution in [0.4, 0.5) is 5.82 Å². The predicted molar refractivity (Wildman–Crippen MR) is 184 cm³/mol. The number of anilines is 1. The van der Waals surface area contributed by atoms with Gasteiger partial charge < -0.3 is 23.7 Å². The highest BCUT2D eigenvalue weighted by Gasteiger charge is 2.34. The molecular formula is C37H44N4O3S. The van der Waals surface area contributed by atoms with E-state index in [1.165, 1.54) is 17.5 Å². The number of aromatic nitrogens is 1. The summed E-state index contributed by atoms with van der Waals surface area (Å²) in [6, 6.07) is 24.9. The van der Waals surface area contributed by atoms with Gasteiger partial charge in [0.1, 0.15) is 35.8 Å². The number of hydrogen-bond donors (Lipinski definition) is 1. The van der Waals surface area contributed by atoms with Gasteiger partial charge in [0, 0.05) is 30.5 Å². The van der Waals surface area contributed by atoms with E-state index in [1.54, 1.807) is 0 Å². The van der Waals surface area contributed by atoms with Crippen molar-refractivity contribution in [3.8, 4) is 16.9 Å². The Morgan fingerprint density at radius 2 is 1.82 bits per heavy atom. The van der Waals surface area contributed by atoms with Crippen molar-refractivity contribution >= 4 is 29.9 Å². The van der Waals surface area contributed by atoms with Crippen molar-refractivity contribution < 1.29 is 14.1 Å². The molecule has 0 radical (unpaired) electrons. The van der Waals surface area contributed by atoms with Crippen LogP contribution in [-0.2, 0) is 17.9 Å². The SMILES string of the molecule is CCCC/C(=N/C1(C=O)CCCC1)N(C)Cc1ccc(-c2ccccc2SNc2noc(C)c2C)c(COc2ccccc2)c1. The van der Waals surface area contributed by atoms with Crippen molar-refractivity contribution in [1.82, 2.24) is 10.1 Å². The molecule has 0 amide bonds. The summed E-state index contributed by atoms with van der Waals surface area (Å²) in [6.07, 6.45) is 7.89. The van der Waals surface area contributed by atoms with Crippen LogP contribution in [0.5, 0.6) is 5.75 Å². The molecule has 0 aliphatic heterocycles. The van der Waals surface area contributed by atoms with Gasteiger partial charge in [-0.15, -0.1) is 0 Å². The Labute approximate surface area is 271 Å². The molecule has 45 heavy (non-hydrogen) atoms. The largest absolute Gasteiger partial charge is 0.489 e. The summed E-state index contributed by atoms with van der Waals surface area (Å²) in [5, 5.41) is 4.17. The second-order valence-electron chi connectivity index (χ2n) is 11.9. The van der Waals surface area contributed by atoms with Gasteiger partial charge in [0.2, 0.25) is 0 Å². The lowest BCUT2D eigenvalue weighted by Crippen LogP contribution is -2.33. The van der Waals surface area contributed by atoms with E-state index in [0.29, 0.717) is 13.2 Å². The first-order valence-corrected chi connectivity index (χ1v) is 16.7. The maximum Gasteiger partial charge on any atom is 0.182 e. The Morgan fingerprint density at radius 3 is 2.53 bits per heavy atom. The van der Waals surface area contributed by atoms with Gasteiger partial charge in [-0.2, -0.15) is 0 Å². The lowest BCUT2D eigenvalue weighted by molar-refractivity contribution is -0.112. The fraction of sp³-hybridized carbons (Fsp3) is 0.378. The summed E-state index contributed by atoms with van der Waals surface area (Å²) in [5.74, 6) is 3.38. The number of aldehydes is 1. The zero-order chi connectivity index (χ0) is 31.6. The van der Waals surface area contributed by atoms with Crippen LogP contribution in [0.25, 0.3) is 11.1 Å². The Balaban J connectivity index is 1.44. The lowest BCUT2D eigenvalue weighted by atomic mass is 9.97. The molecule has 5 rings (SSSR count). The van der Waals surface area contributed by atoms with Crippen molar-refractivity contribution in [2.24, 2.45) is 4.99 Å². The molecule has 0 saturated heterocycles. The molecule has 1 aliphatic carbocycles. The molecule has 0 atom stereocenters. The van der Waals surface area contributed by atoms with Crippen LogP contribution in [0.1, 0.15) is 74.3 Å². The maximum absolute atomic E-state index is 12.1. The van der Waals surface area contributed by atoms with E-state index >= 15 is 0 Å². The smallest absolute Gasteiger partial charge is 0.182 e. The molecule has 0 spiro atoms. The third kappa shape index (κ3) is 8.17. The molecule has 7 nitrogen and oxygen atoms in total. The van der Waals surface area contributed by atoms with Crippen molar-refractivity contribution in [2.45, 2.75) is 89.3 Å². The standard InChI is InChI=1S/C37H44N4O3S/c1-5-6-18-35(38-37(26-42)21-12-13-22-37)41(4)24-29-19-20-32(30(23-29)25-43-31-14-8-7-9-15-31)33-16-10-11-17-34(33)45-40-36-27(2)28(3)44-39-36/h7-11,14-17,19-20,23,26H,5-6,12-13,18,21-22,24-25H2,1-4H3,(H,39,40)/b38-35-. The van der Waals surface area contributed by atoms with E-state index < -0.39 is 5.54 Å². The first kappa shape index (κ1) is 32.4. The van der Waals surface area contributed by atoms with Crippen LogP contribution in [0.3, 0.4) is 0 Å². The first-order chi connectivity index (χ1) is 21.9. The normalized spacial score (nSPS) is 14.4. The van der Waals surface area contributed by atoms with Gasteiger partial charge in [0.05, 0.1) is 0 Å². The van der Waals surface area contributed by atoms with Crippen molar-refractivity contribution in [3.05, 3.63) is 95.2 Å². The molecule has 1 saturated carbocycles. The Kier molecular flexibility index (Phi) is 11.0. The second-order valence-corrected chi connectivity index (χ2v) is 12.8. The van der Waals surface area contributed by atoms with E-state index in [2.05, 4.69) is 65.1 Å². The van der Waals surface area contributed by atoms with E-state index in [-0.39, 0.29) is 0 Å². The highest BCUT2D eigenvalue weighted by atomic mass is 32.2. The number of hydrogen-bond acceptors (Lipinski definition) is 7. The van der Waals surface area contributed by atoms with Gasteiger partial charge in [-0.1, -0.05) is 79.9 Å². The minimum atomic E-state index is -0.561. The van der Waals surface area contributed by atoms with Crippen LogP contribution in [0.15, 0.2) is 87.2 Å². The van der Waals surface area contributed by atoms with Crippen LogP contribution in [0, 0.1) is 13.8 Å². The number of aliphatic imine (C=N–C) groups is 1. The number of para-hydroxylation sites is 1. The number of aryl methyl sites for hydroxylation is 1. The van der Waals surface area contributed by atoms with E-state index in [9.17, 15) is 4.79 Å². The van der Waals surface area contributed by atoms with Gasteiger partial charge >= 0.3 is 0 Å². The Hall–Kier alpha value is -4.04. The average Bonchev–Trinajstić information content (AvgIpc) is 3.67. The zero-order valence-corrected chi connectivity index (χ0v) is 27.7. The summed E-state index contributed by atoms with van der Waals surface area (Å²) in [6.45, 7) is 7.23. The van der Waals surface area contributed by atoms with E-state index in [1.807, 2.05) is 50.2 Å². The van der Waals surface area contributed by atoms with Crippen LogP contribution >= 0.6 is 11.9 Å². The molecule has 0 unspecified atom stereocenters. The third-order valence-electron chi connectivity index (χ3n) is 8.55. The summed E-state index contributed by atoms with van der Waals surface area (Å²) < 4.78 is 15.0. The first-order valence-electron chi connectivity index (χ1n) is 15.9. The fourth-order valence-electron chi connectivity index (χ4n) is 5.73. The molecular weight excluding hydrogens is 580 g/mol. The molecule has 4 aromatic rings. The number of carbonyl (C=O) groups excluding carboxylic acids is 1. The average molecular weight is 625 g/mol. The summed E-state index contributed by atoms with van der Waals surface area (Å²) >= 11 is 1.52. The number of benzene rings is 3. The van der Waals surface area contributed by atoms with Crippen molar-refractivity contribution in [2.75, 3.05) is 11.8 Å². The van der Waals surface area contributed by atoms with Crippen molar-refractivity contribution in [3.63, 3.8) is 0 Å². The Bertz CT molecular complexity index is 1590. The highest BCUT2D eigenvalue weighted by Crippen LogP contribution is 2.36. The minimum absolute atomic E-state index is 0.427. The number of ether oxygens (including phenoxy) is 1. The van der Waals surface area contributed by atoms with E-state index in [0.717, 1.165) is 102 Å². The summed E-state index contributed by atoms with van der Waals surface area (Å²) in [7, 11) is 2.10. The second kappa shape index (κ2) is 15.3. The topological polar surface area (TPSA) is 80.0 Å². The van der Waals surface area contributed by atoms with Gasteiger partial charge in [-0.3, -0.25) is 4.99 Å². The third-order valence-corrected chi connectivity index (χ3v) is 9.43. The maximum atomic E-state index is 12.1. The molecule has 1 fully saturated rings. The van der Waals surface area contributed by atoms with Gasteiger partial charge in [-0.05, 0) is 91.6 Å². The summed E-state index contributed by atoms with van der Waals surface area (Å²) in [4.78, 5) is 20.6.